The molecule has 0 spiro atoms. The summed E-state index contributed by atoms with van der Waals surface area (Å²) in [5.74, 6) is 0.188. The summed E-state index contributed by atoms with van der Waals surface area (Å²) in [7, 11) is 3.58. The van der Waals surface area contributed by atoms with Gasteiger partial charge < -0.3 is 10.2 Å². The normalized spacial score (nSPS) is 10.1. The third-order valence-corrected chi connectivity index (χ3v) is 2.99. The van der Waals surface area contributed by atoms with Crippen LogP contribution in [-0.4, -0.2) is 31.4 Å². The molecule has 3 heteroatoms. The highest BCUT2D eigenvalue weighted by Crippen LogP contribution is 2.17. The number of anilines is 1. The van der Waals surface area contributed by atoms with Gasteiger partial charge in [0.15, 0.2) is 0 Å². The Balaban J connectivity index is 2.36. The van der Waals surface area contributed by atoms with Crippen LogP contribution in [0.1, 0.15) is 24.0 Å². The lowest BCUT2D eigenvalue weighted by molar-refractivity contribution is -0.128. The predicted octanol–water partition coefficient (Wildman–Crippen LogP) is 2.58. The molecule has 0 saturated heterocycles. The number of nitrogens with zero attached hydrogens (tertiary/aromatic N) is 1. The van der Waals surface area contributed by atoms with Crippen LogP contribution in [0.2, 0.25) is 0 Å². The van der Waals surface area contributed by atoms with E-state index in [4.69, 9.17) is 0 Å². The van der Waals surface area contributed by atoms with Crippen LogP contribution in [0.3, 0.4) is 0 Å². The Morgan fingerprint density at radius 1 is 1.29 bits per heavy atom. The summed E-state index contributed by atoms with van der Waals surface area (Å²) in [6, 6.07) is 6.24. The van der Waals surface area contributed by atoms with Crippen LogP contribution in [0.25, 0.3) is 0 Å². The molecule has 0 aliphatic rings. The van der Waals surface area contributed by atoms with Gasteiger partial charge in [0.2, 0.25) is 5.91 Å². The molecule has 17 heavy (non-hydrogen) atoms. The highest BCUT2D eigenvalue weighted by atomic mass is 16.2. The number of aryl methyl sites for hydroxylation is 1. The Hall–Kier alpha value is -1.51. The zero-order valence-electron chi connectivity index (χ0n) is 11.2. The minimum absolute atomic E-state index is 0.188. The van der Waals surface area contributed by atoms with Crippen molar-refractivity contribution in [3.8, 4) is 0 Å². The number of carbonyl (C=O) groups excluding carboxylic acids is 1. The smallest absolute Gasteiger partial charge is 0.222 e. The molecule has 1 aromatic rings. The van der Waals surface area contributed by atoms with Crippen LogP contribution in [0.4, 0.5) is 5.69 Å². The predicted molar refractivity (Wildman–Crippen MR) is 72.3 cm³/mol. The molecular weight excluding hydrogens is 212 g/mol. The van der Waals surface area contributed by atoms with Gasteiger partial charge in [-0.15, -0.1) is 0 Å². The van der Waals surface area contributed by atoms with Gasteiger partial charge in [0, 0.05) is 32.7 Å². The maximum absolute atomic E-state index is 11.4. The number of hydrogen-bond acceptors (Lipinski definition) is 2. The van der Waals surface area contributed by atoms with E-state index in [0.29, 0.717) is 6.42 Å². The molecule has 0 unspecified atom stereocenters. The van der Waals surface area contributed by atoms with E-state index in [1.54, 1.807) is 19.0 Å². The average Bonchev–Trinajstić information content (AvgIpc) is 2.29. The summed E-state index contributed by atoms with van der Waals surface area (Å²) in [5.41, 5.74) is 3.74. The Morgan fingerprint density at radius 3 is 2.65 bits per heavy atom. The standard InChI is InChI=1S/C14H22N2O/c1-11-7-5-8-13(12(11)2)15-10-6-9-14(17)16(3)4/h5,7-8,15H,6,9-10H2,1-4H3. The molecular formula is C14H22N2O. The Labute approximate surface area is 104 Å². The molecule has 0 aliphatic heterocycles. The zero-order valence-corrected chi connectivity index (χ0v) is 11.2. The van der Waals surface area contributed by atoms with Gasteiger partial charge in [0.25, 0.3) is 0 Å². The van der Waals surface area contributed by atoms with Crippen molar-refractivity contribution in [2.24, 2.45) is 0 Å². The van der Waals surface area contributed by atoms with Gasteiger partial charge in [0.05, 0.1) is 0 Å². The van der Waals surface area contributed by atoms with Crippen LogP contribution < -0.4 is 5.32 Å². The molecule has 3 nitrogen and oxygen atoms in total. The Morgan fingerprint density at radius 2 is 2.00 bits per heavy atom. The van der Waals surface area contributed by atoms with Gasteiger partial charge in [-0.25, -0.2) is 0 Å². The average molecular weight is 234 g/mol. The van der Waals surface area contributed by atoms with Gasteiger partial charge in [-0.05, 0) is 37.5 Å². The third-order valence-electron chi connectivity index (χ3n) is 2.99. The molecule has 1 N–H and O–H groups in total. The molecule has 0 saturated carbocycles. The number of amides is 1. The van der Waals surface area contributed by atoms with Crippen LogP contribution in [0.5, 0.6) is 0 Å². The third kappa shape index (κ3) is 4.10. The lowest BCUT2D eigenvalue weighted by Crippen LogP contribution is -2.22. The van der Waals surface area contributed by atoms with Gasteiger partial charge in [-0.3, -0.25) is 4.79 Å². The second-order valence-corrected chi connectivity index (χ2v) is 4.57. The lowest BCUT2D eigenvalue weighted by Gasteiger charge is -2.12. The summed E-state index contributed by atoms with van der Waals surface area (Å²) >= 11 is 0. The number of benzene rings is 1. The second-order valence-electron chi connectivity index (χ2n) is 4.57. The molecule has 1 aromatic carbocycles. The highest BCUT2D eigenvalue weighted by Gasteiger charge is 2.03. The van der Waals surface area contributed by atoms with E-state index in [1.165, 1.54) is 16.8 Å². The van der Waals surface area contributed by atoms with E-state index in [2.05, 4.69) is 37.4 Å². The van der Waals surface area contributed by atoms with Crippen LogP contribution in [0.15, 0.2) is 18.2 Å². The fourth-order valence-corrected chi connectivity index (χ4v) is 1.63. The van der Waals surface area contributed by atoms with Crippen molar-refractivity contribution in [3.05, 3.63) is 29.3 Å². The zero-order chi connectivity index (χ0) is 12.8. The van der Waals surface area contributed by atoms with Crippen molar-refractivity contribution in [2.45, 2.75) is 26.7 Å². The fraction of sp³-hybridized carbons (Fsp3) is 0.500. The Kier molecular flexibility index (Phi) is 5.01. The number of carbonyl (C=O) groups is 1. The molecule has 0 aromatic heterocycles. The van der Waals surface area contributed by atoms with Crippen molar-refractivity contribution < 1.29 is 4.79 Å². The quantitative estimate of drug-likeness (QED) is 0.794. The van der Waals surface area contributed by atoms with Gasteiger partial charge >= 0.3 is 0 Å². The molecule has 1 rings (SSSR count). The monoisotopic (exact) mass is 234 g/mol. The molecule has 1 amide bonds. The van der Waals surface area contributed by atoms with Crippen LogP contribution >= 0.6 is 0 Å². The first-order valence-electron chi connectivity index (χ1n) is 6.02. The van der Waals surface area contributed by atoms with Gasteiger partial charge in [-0.2, -0.15) is 0 Å². The molecule has 94 valence electrons. The second kappa shape index (κ2) is 6.28. The van der Waals surface area contributed by atoms with Gasteiger partial charge in [-0.1, -0.05) is 12.1 Å². The SMILES string of the molecule is Cc1cccc(NCCCC(=O)N(C)C)c1C. The molecule has 0 radical (unpaired) electrons. The van der Waals surface area contributed by atoms with Crippen molar-refractivity contribution >= 4 is 11.6 Å². The molecule has 0 aliphatic carbocycles. The van der Waals surface area contributed by atoms with E-state index in [0.717, 1.165) is 13.0 Å². The van der Waals surface area contributed by atoms with Crippen molar-refractivity contribution in [1.29, 1.82) is 0 Å². The molecule has 0 heterocycles. The minimum Gasteiger partial charge on any atom is -0.385 e. The van der Waals surface area contributed by atoms with E-state index in [9.17, 15) is 4.79 Å². The summed E-state index contributed by atoms with van der Waals surface area (Å²) in [6.07, 6.45) is 1.47. The van der Waals surface area contributed by atoms with E-state index < -0.39 is 0 Å². The van der Waals surface area contributed by atoms with Crippen LogP contribution in [-0.2, 0) is 4.79 Å². The van der Waals surface area contributed by atoms with Crippen molar-refractivity contribution in [2.75, 3.05) is 26.0 Å². The first-order valence-corrected chi connectivity index (χ1v) is 6.02. The van der Waals surface area contributed by atoms with E-state index in [1.807, 2.05) is 0 Å². The maximum Gasteiger partial charge on any atom is 0.222 e. The van der Waals surface area contributed by atoms with Crippen molar-refractivity contribution in [1.82, 2.24) is 4.90 Å². The minimum atomic E-state index is 0.188. The summed E-state index contributed by atoms with van der Waals surface area (Å²) in [5, 5.41) is 3.38. The van der Waals surface area contributed by atoms with Crippen molar-refractivity contribution in [3.63, 3.8) is 0 Å². The summed E-state index contributed by atoms with van der Waals surface area (Å²) in [6.45, 7) is 5.06. The molecule has 0 fully saturated rings. The number of nitrogens with one attached hydrogen (secondary N) is 1. The number of hydrogen-bond donors (Lipinski definition) is 1. The Bertz CT molecular complexity index is 386. The molecule has 0 bridgehead atoms. The lowest BCUT2D eigenvalue weighted by atomic mass is 10.1. The topological polar surface area (TPSA) is 32.3 Å². The first-order chi connectivity index (χ1) is 8.02. The maximum atomic E-state index is 11.4. The summed E-state index contributed by atoms with van der Waals surface area (Å²) < 4.78 is 0. The number of rotatable bonds is 5. The first kappa shape index (κ1) is 13.6. The van der Waals surface area contributed by atoms with Crippen LogP contribution in [0, 0.1) is 13.8 Å². The van der Waals surface area contributed by atoms with E-state index >= 15 is 0 Å². The largest absolute Gasteiger partial charge is 0.385 e. The highest BCUT2D eigenvalue weighted by molar-refractivity contribution is 5.75. The van der Waals surface area contributed by atoms with Gasteiger partial charge in [0.1, 0.15) is 0 Å². The molecule has 0 atom stereocenters. The fourth-order valence-electron chi connectivity index (χ4n) is 1.63. The summed E-state index contributed by atoms with van der Waals surface area (Å²) in [4.78, 5) is 13.0. The van der Waals surface area contributed by atoms with E-state index in [-0.39, 0.29) is 5.91 Å².